The fourth-order valence-electron chi connectivity index (χ4n) is 3.97. The number of aryl methyl sites for hydroxylation is 2. The lowest BCUT2D eigenvalue weighted by Gasteiger charge is -2.11. The Bertz CT molecular complexity index is 1330. The predicted molar refractivity (Wildman–Crippen MR) is 118 cm³/mol. The highest BCUT2D eigenvalue weighted by molar-refractivity contribution is 5.98. The molecule has 0 spiro atoms. The highest BCUT2D eigenvalue weighted by Crippen LogP contribution is 2.47. The molecular formula is C23H22N6O2. The highest BCUT2D eigenvalue weighted by Gasteiger charge is 2.44. The number of aromatic nitrogens is 4. The number of hydrogen-bond donors (Lipinski definition) is 3. The Labute approximate surface area is 178 Å². The Hall–Kier alpha value is -3.94. The summed E-state index contributed by atoms with van der Waals surface area (Å²) in [5, 5.41) is 18.5. The minimum absolute atomic E-state index is 0.0493. The average Bonchev–Trinajstić information content (AvgIpc) is 3.43. The van der Waals surface area contributed by atoms with E-state index in [4.69, 9.17) is 5.73 Å². The van der Waals surface area contributed by atoms with Crippen LogP contribution in [0, 0.1) is 12.8 Å². The minimum atomic E-state index is -0.0743. The van der Waals surface area contributed by atoms with Crippen molar-refractivity contribution in [2.45, 2.75) is 19.3 Å². The van der Waals surface area contributed by atoms with Gasteiger partial charge in [0.2, 0.25) is 5.91 Å². The number of rotatable bonds is 4. The van der Waals surface area contributed by atoms with Gasteiger partial charge >= 0.3 is 0 Å². The van der Waals surface area contributed by atoms with E-state index in [9.17, 15) is 9.90 Å². The van der Waals surface area contributed by atoms with E-state index >= 15 is 0 Å². The van der Waals surface area contributed by atoms with Gasteiger partial charge in [0.1, 0.15) is 17.4 Å². The molecule has 8 heteroatoms. The number of hydrogen-bond acceptors (Lipinski definition) is 6. The monoisotopic (exact) mass is 414 g/mol. The van der Waals surface area contributed by atoms with Gasteiger partial charge in [-0.2, -0.15) is 5.10 Å². The molecule has 1 aromatic carbocycles. The van der Waals surface area contributed by atoms with Gasteiger partial charge in [-0.05, 0) is 60.0 Å². The maximum atomic E-state index is 12.7. The third kappa shape index (κ3) is 3.56. The van der Waals surface area contributed by atoms with Gasteiger partial charge in [0.15, 0.2) is 0 Å². The van der Waals surface area contributed by atoms with Crippen LogP contribution in [0.1, 0.15) is 23.5 Å². The van der Waals surface area contributed by atoms with E-state index in [2.05, 4.69) is 20.4 Å². The van der Waals surface area contributed by atoms with Crippen molar-refractivity contribution in [3.8, 4) is 17.0 Å². The summed E-state index contributed by atoms with van der Waals surface area (Å²) >= 11 is 0. The lowest BCUT2D eigenvalue weighted by atomic mass is 10.0. The Morgan fingerprint density at radius 1 is 1.26 bits per heavy atom. The van der Waals surface area contributed by atoms with Crippen LogP contribution in [0.4, 0.5) is 11.6 Å². The second-order valence-corrected chi connectivity index (χ2v) is 8.07. The number of nitrogens with one attached hydrogen (secondary N) is 1. The predicted octanol–water partition coefficient (Wildman–Crippen LogP) is 3.37. The van der Waals surface area contributed by atoms with Gasteiger partial charge in [-0.15, -0.1) is 0 Å². The van der Waals surface area contributed by atoms with Crippen LogP contribution in [-0.4, -0.2) is 30.8 Å². The van der Waals surface area contributed by atoms with Crippen LogP contribution in [0.2, 0.25) is 0 Å². The van der Waals surface area contributed by atoms with Crippen LogP contribution in [0.3, 0.4) is 0 Å². The third-order valence-corrected chi connectivity index (χ3v) is 5.77. The number of nitrogens with zero attached hydrogens (tertiary/aromatic N) is 4. The summed E-state index contributed by atoms with van der Waals surface area (Å²) < 4.78 is 1.75. The summed E-state index contributed by atoms with van der Waals surface area (Å²) in [6.45, 7) is 1.95. The maximum absolute atomic E-state index is 12.7. The molecule has 0 saturated heterocycles. The number of aromatic hydroxyl groups is 1. The number of carbonyl (C=O) groups is 1. The molecule has 156 valence electrons. The van der Waals surface area contributed by atoms with Gasteiger partial charge in [-0.25, -0.2) is 9.97 Å². The van der Waals surface area contributed by atoms with Crippen molar-refractivity contribution in [2.24, 2.45) is 13.0 Å². The Kier molecular flexibility index (Phi) is 4.35. The first-order valence-electron chi connectivity index (χ1n) is 10.0. The fraction of sp³-hybridized carbons (Fsp3) is 0.217. The third-order valence-electron chi connectivity index (χ3n) is 5.77. The van der Waals surface area contributed by atoms with Crippen molar-refractivity contribution in [1.29, 1.82) is 0 Å². The number of nitrogens with two attached hydrogens (primary N) is 1. The van der Waals surface area contributed by atoms with E-state index < -0.39 is 0 Å². The zero-order valence-corrected chi connectivity index (χ0v) is 17.2. The summed E-state index contributed by atoms with van der Waals surface area (Å²) in [7, 11) is 1.87. The van der Waals surface area contributed by atoms with E-state index in [1.165, 1.54) is 0 Å². The smallest absolute Gasteiger partial charge is 0.229 e. The minimum Gasteiger partial charge on any atom is -0.508 e. The molecule has 5 rings (SSSR count). The zero-order valence-electron chi connectivity index (χ0n) is 17.2. The van der Waals surface area contributed by atoms with Gasteiger partial charge in [-0.1, -0.05) is 6.07 Å². The highest BCUT2D eigenvalue weighted by atomic mass is 16.3. The van der Waals surface area contributed by atoms with E-state index in [1.807, 2.05) is 38.5 Å². The summed E-state index contributed by atoms with van der Waals surface area (Å²) in [6.07, 6.45) is 6.20. The summed E-state index contributed by atoms with van der Waals surface area (Å²) in [6, 6.07) is 8.82. The standard InChI is InChI=1S/C23H22N6O2/c1-12-3-4-15(30)7-16(12)20-5-13-6-21(25-10-19(13)22(24)27-20)28-23(31)18-8-17(18)14-9-26-29(2)11-14/h3-7,9-11,17-18,30H,8H2,1-2H3,(H2,24,27)(H,25,28,31)/t17-,18+/m0/s1. The molecule has 4 aromatic rings. The average molecular weight is 414 g/mol. The quantitative estimate of drug-likeness (QED) is 0.471. The number of phenols is 1. The molecule has 3 aromatic heterocycles. The molecule has 3 heterocycles. The largest absolute Gasteiger partial charge is 0.508 e. The first-order chi connectivity index (χ1) is 14.9. The molecule has 2 atom stereocenters. The van der Waals surface area contributed by atoms with E-state index in [0.717, 1.165) is 28.5 Å². The molecule has 8 nitrogen and oxygen atoms in total. The van der Waals surface area contributed by atoms with Crippen LogP contribution in [-0.2, 0) is 11.8 Å². The lowest BCUT2D eigenvalue weighted by Crippen LogP contribution is -2.15. The molecule has 1 saturated carbocycles. The molecule has 31 heavy (non-hydrogen) atoms. The molecule has 1 amide bonds. The van der Waals surface area contributed by atoms with Crippen LogP contribution >= 0.6 is 0 Å². The van der Waals surface area contributed by atoms with Gasteiger partial charge < -0.3 is 16.2 Å². The summed E-state index contributed by atoms with van der Waals surface area (Å²) in [5.41, 5.74) is 9.68. The second-order valence-electron chi connectivity index (χ2n) is 8.07. The van der Waals surface area contributed by atoms with Gasteiger partial charge in [-0.3, -0.25) is 9.48 Å². The van der Waals surface area contributed by atoms with E-state index in [-0.39, 0.29) is 23.5 Å². The topological polar surface area (TPSA) is 119 Å². The number of phenolic OH excluding ortho intramolecular Hbond substituents is 1. The van der Waals surface area contributed by atoms with Gasteiger partial charge in [0.25, 0.3) is 0 Å². The SMILES string of the molecule is Cc1ccc(O)cc1-c1cc2cc(NC(=O)[C@@H]3C[C@H]3c3cnn(C)c3)ncc2c(N)n1. The molecule has 0 aliphatic heterocycles. The van der Waals surface area contributed by atoms with Gasteiger partial charge in [0.05, 0.1) is 11.9 Å². The number of anilines is 2. The van der Waals surface area contributed by atoms with Crippen LogP contribution in [0.5, 0.6) is 5.75 Å². The Balaban J connectivity index is 1.42. The van der Waals surface area contributed by atoms with Crippen LogP contribution in [0.25, 0.3) is 22.0 Å². The molecule has 0 radical (unpaired) electrons. The van der Waals surface area contributed by atoms with E-state index in [0.29, 0.717) is 22.7 Å². The lowest BCUT2D eigenvalue weighted by molar-refractivity contribution is -0.117. The van der Waals surface area contributed by atoms with Crippen molar-refractivity contribution < 1.29 is 9.90 Å². The second kappa shape index (κ2) is 7.09. The van der Waals surface area contributed by atoms with Crippen LogP contribution < -0.4 is 11.1 Å². The number of amides is 1. The molecule has 1 aliphatic rings. The molecule has 0 unspecified atom stereocenters. The summed E-state index contributed by atoms with van der Waals surface area (Å²) in [4.78, 5) is 21.5. The van der Waals surface area contributed by atoms with Gasteiger partial charge in [0, 0.05) is 36.3 Å². The van der Waals surface area contributed by atoms with Crippen molar-refractivity contribution in [3.05, 3.63) is 60.0 Å². The van der Waals surface area contributed by atoms with Crippen molar-refractivity contribution in [3.63, 3.8) is 0 Å². The number of carbonyl (C=O) groups excluding carboxylic acids is 1. The molecular weight excluding hydrogens is 392 g/mol. The maximum Gasteiger partial charge on any atom is 0.229 e. The fourth-order valence-corrected chi connectivity index (χ4v) is 3.97. The molecule has 1 aliphatic carbocycles. The summed E-state index contributed by atoms with van der Waals surface area (Å²) in [5.74, 6) is 1.06. The van der Waals surface area contributed by atoms with Crippen molar-refractivity contribution in [1.82, 2.24) is 19.7 Å². The number of nitrogen functional groups attached to an aromatic ring is 1. The first-order valence-corrected chi connectivity index (χ1v) is 10.0. The number of benzene rings is 1. The zero-order chi connectivity index (χ0) is 21.7. The Morgan fingerprint density at radius 2 is 2.10 bits per heavy atom. The number of fused-ring (bicyclic) bond motifs is 1. The Morgan fingerprint density at radius 3 is 2.87 bits per heavy atom. The molecule has 4 N–H and O–H groups in total. The molecule has 1 fully saturated rings. The normalized spacial score (nSPS) is 17.6. The van der Waals surface area contributed by atoms with Crippen molar-refractivity contribution >= 4 is 28.3 Å². The van der Waals surface area contributed by atoms with Crippen LogP contribution in [0.15, 0.2) is 48.9 Å². The number of pyridine rings is 2. The van der Waals surface area contributed by atoms with Crippen molar-refractivity contribution in [2.75, 3.05) is 11.1 Å². The molecule has 0 bridgehead atoms. The van der Waals surface area contributed by atoms with E-state index in [1.54, 1.807) is 29.1 Å². The first kappa shape index (κ1) is 19.0.